The Hall–Kier alpha value is -3.07. The average Bonchev–Trinajstić information content (AvgIpc) is 3.24. The Morgan fingerprint density at radius 3 is 2.59 bits per heavy atom. The summed E-state index contributed by atoms with van der Waals surface area (Å²) in [4.78, 5) is 0. The molecule has 0 radical (unpaired) electrons. The van der Waals surface area contributed by atoms with Crippen molar-refractivity contribution in [2.45, 2.75) is 31.9 Å². The predicted octanol–water partition coefficient (Wildman–Crippen LogP) is 6.54. The highest BCUT2D eigenvalue weighted by Crippen LogP contribution is 2.49. The second-order valence-electron chi connectivity index (χ2n) is 8.05. The van der Waals surface area contributed by atoms with Crippen LogP contribution in [0.4, 0.5) is 10.1 Å². The Balaban J connectivity index is 1.33. The Bertz CT molecular complexity index is 1040. The number of ether oxygens (including phenoxy) is 1. The molecule has 0 amide bonds. The van der Waals surface area contributed by atoms with Gasteiger partial charge in [-0.15, -0.1) is 0 Å². The second kappa shape index (κ2) is 7.40. The second-order valence-corrected chi connectivity index (χ2v) is 8.05. The molecule has 1 aliphatic heterocycles. The van der Waals surface area contributed by atoms with E-state index in [4.69, 9.17) is 4.74 Å². The number of fused-ring (bicyclic) bond motifs is 3. The summed E-state index contributed by atoms with van der Waals surface area (Å²) in [6.07, 6.45) is 5.46. The first kappa shape index (κ1) is 18.0. The van der Waals surface area contributed by atoms with Gasteiger partial charge in [-0.3, -0.25) is 0 Å². The van der Waals surface area contributed by atoms with Crippen LogP contribution in [0.2, 0.25) is 0 Å². The van der Waals surface area contributed by atoms with Gasteiger partial charge in [0.15, 0.2) is 0 Å². The maximum atomic E-state index is 13.8. The maximum Gasteiger partial charge on any atom is 0.123 e. The topological polar surface area (TPSA) is 21.3 Å². The zero-order valence-corrected chi connectivity index (χ0v) is 16.4. The number of rotatable bonds is 4. The van der Waals surface area contributed by atoms with E-state index < -0.39 is 0 Å². The monoisotopic (exact) mass is 385 g/mol. The van der Waals surface area contributed by atoms with Crippen LogP contribution >= 0.6 is 0 Å². The molecule has 0 spiro atoms. The Morgan fingerprint density at radius 1 is 1.00 bits per heavy atom. The van der Waals surface area contributed by atoms with Crippen molar-refractivity contribution in [1.82, 2.24) is 0 Å². The molecular formula is C26H24FNO. The first-order valence-electron chi connectivity index (χ1n) is 10.2. The first-order valence-corrected chi connectivity index (χ1v) is 10.2. The maximum absolute atomic E-state index is 13.8. The lowest BCUT2D eigenvalue weighted by atomic mass is 9.77. The normalized spacial score (nSPS) is 21.9. The van der Waals surface area contributed by atoms with Crippen LogP contribution in [-0.4, -0.2) is 0 Å². The third kappa shape index (κ3) is 3.53. The minimum atomic E-state index is -0.168. The molecule has 0 bridgehead atoms. The van der Waals surface area contributed by atoms with E-state index in [-0.39, 0.29) is 17.8 Å². The lowest BCUT2D eigenvalue weighted by molar-refractivity contribution is 0.306. The summed E-state index contributed by atoms with van der Waals surface area (Å²) < 4.78 is 19.7. The van der Waals surface area contributed by atoms with Crippen molar-refractivity contribution in [3.8, 4) is 5.75 Å². The van der Waals surface area contributed by atoms with E-state index in [1.165, 1.54) is 17.2 Å². The highest BCUT2D eigenvalue weighted by Gasteiger charge is 2.37. The van der Waals surface area contributed by atoms with Gasteiger partial charge in [-0.1, -0.05) is 54.1 Å². The number of nitrogens with one attached hydrogen (secondary N) is 1. The van der Waals surface area contributed by atoms with Crippen molar-refractivity contribution in [2.24, 2.45) is 5.92 Å². The summed E-state index contributed by atoms with van der Waals surface area (Å²) in [5.74, 6) is 1.37. The standard InChI is InChI=1S/C26H24FNO/c1-17-5-7-18(8-6-17)16-29-21-12-9-19(10-13-21)26-23-4-2-3-22(23)24-15-20(27)11-14-25(24)28-26/h2-3,5-15,22-23,26,28H,4,16H2,1H3/t22-,23+,26+/m1/s1. The van der Waals surface area contributed by atoms with Crippen molar-refractivity contribution in [2.75, 3.05) is 5.32 Å². The molecule has 2 aliphatic rings. The number of aryl methyl sites for hydroxylation is 1. The van der Waals surface area contributed by atoms with Gasteiger partial charge in [0.2, 0.25) is 0 Å². The molecule has 3 atom stereocenters. The quantitative estimate of drug-likeness (QED) is 0.515. The summed E-state index contributed by atoms with van der Waals surface area (Å²) in [6, 6.07) is 22.1. The number of halogens is 1. The lowest BCUT2D eigenvalue weighted by Crippen LogP contribution is -2.29. The third-order valence-electron chi connectivity index (χ3n) is 6.09. The van der Waals surface area contributed by atoms with Crippen LogP contribution in [0, 0.1) is 18.7 Å². The van der Waals surface area contributed by atoms with Crippen LogP contribution in [0.1, 0.15) is 40.6 Å². The van der Waals surface area contributed by atoms with Crippen LogP contribution in [-0.2, 0) is 6.61 Å². The van der Waals surface area contributed by atoms with E-state index >= 15 is 0 Å². The number of hydrogen-bond acceptors (Lipinski definition) is 2. The fraction of sp³-hybridized carbons (Fsp3) is 0.231. The highest BCUT2D eigenvalue weighted by atomic mass is 19.1. The Morgan fingerprint density at radius 2 is 1.79 bits per heavy atom. The van der Waals surface area contributed by atoms with Gasteiger partial charge in [-0.25, -0.2) is 4.39 Å². The predicted molar refractivity (Wildman–Crippen MR) is 115 cm³/mol. The van der Waals surface area contributed by atoms with E-state index in [1.54, 1.807) is 6.07 Å². The van der Waals surface area contributed by atoms with Crippen LogP contribution in [0.25, 0.3) is 0 Å². The van der Waals surface area contributed by atoms with Crippen molar-refractivity contribution >= 4 is 5.69 Å². The van der Waals surface area contributed by atoms with Crippen LogP contribution in [0.3, 0.4) is 0 Å². The van der Waals surface area contributed by atoms with Crippen molar-refractivity contribution in [1.29, 1.82) is 0 Å². The molecule has 0 saturated heterocycles. The van der Waals surface area contributed by atoms with E-state index in [0.717, 1.165) is 29.0 Å². The minimum Gasteiger partial charge on any atom is -0.489 e. The van der Waals surface area contributed by atoms with Crippen LogP contribution in [0.5, 0.6) is 5.75 Å². The average molecular weight is 385 g/mol. The van der Waals surface area contributed by atoms with Crippen molar-refractivity contribution in [3.63, 3.8) is 0 Å². The smallest absolute Gasteiger partial charge is 0.123 e. The van der Waals surface area contributed by atoms with Gasteiger partial charge in [0.25, 0.3) is 0 Å². The summed E-state index contributed by atoms with van der Waals surface area (Å²) in [5, 5.41) is 3.65. The number of benzene rings is 3. The zero-order valence-electron chi connectivity index (χ0n) is 16.4. The lowest BCUT2D eigenvalue weighted by Gasteiger charge is -2.37. The molecule has 3 aromatic carbocycles. The molecule has 0 aromatic heterocycles. The van der Waals surface area contributed by atoms with Gasteiger partial charge in [0.05, 0.1) is 6.04 Å². The Kier molecular flexibility index (Phi) is 4.59. The summed E-state index contributed by atoms with van der Waals surface area (Å²) in [6.45, 7) is 2.65. The molecular weight excluding hydrogens is 361 g/mol. The SMILES string of the molecule is Cc1ccc(COc2ccc([C@@H]3Nc4ccc(F)cc4[C@@H]4C=CC[C@@H]43)cc2)cc1. The van der Waals surface area contributed by atoms with Crippen molar-refractivity contribution < 1.29 is 9.13 Å². The summed E-state index contributed by atoms with van der Waals surface area (Å²) in [5.41, 5.74) is 5.75. The van der Waals surface area contributed by atoms with Gasteiger partial charge in [-0.05, 0) is 66.3 Å². The van der Waals surface area contributed by atoms with Gasteiger partial charge in [0, 0.05) is 11.6 Å². The molecule has 1 aliphatic carbocycles. The number of allylic oxidation sites excluding steroid dienone is 2. The molecule has 0 saturated carbocycles. The van der Waals surface area contributed by atoms with E-state index in [2.05, 4.69) is 60.8 Å². The van der Waals surface area contributed by atoms with Crippen molar-refractivity contribution in [3.05, 3.63) is 107 Å². The fourth-order valence-corrected chi connectivity index (χ4v) is 4.52. The van der Waals surface area contributed by atoms with Gasteiger partial charge >= 0.3 is 0 Å². The molecule has 0 fully saturated rings. The van der Waals surface area contributed by atoms with Crippen LogP contribution < -0.4 is 10.1 Å². The molecule has 5 rings (SSSR count). The minimum absolute atomic E-state index is 0.168. The number of hydrogen-bond donors (Lipinski definition) is 1. The summed E-state index contributed by atoms with van der Waals surface area (Å²) >= 11 is 0. The molecule has 2 nitrogen and oxygen atoms in total. The molecule has 3 heteroatoms. The van der Waals surface area contributed by atoms with E-state index in [0.29, 0.717) is 12.5 Å². The molecule has 3 aromatic rings. The molecule has 1 heterocycles. The summed E-state index contributed by atoms with van der Waals surface area (Å²) in [7, 11) is 0. The van der Waals surface area contributed by atoms with E-state index in [1.807, 2.05) is 18.2 Å². The highest BCUT2D eigenvalue weighted by molar-refractivity contribution is 5.59. The van der Waals surface area contributed by atoms with Gasteiger partial charge in [-0.2, -0.15) is 0 Å². The largest absolute Gasteiger partial charge is 0.489 e. The first-order chi connectivity index (χ1) is 14.2. The zero-order chi connectivity index (χ0) is 19.8. The molecule has 146 valence electrons. The molecule has 1 N–H and O–H groups in total. The molecule has 29 heavy (non-hydrogen) atoms. The fourth-order valence-electron chi connectivity index (χ4n) is 4.52. The Labute approximate surface area is 171 Å². The third-order valence-corrected chi connectivity index (χ3v) is 6.09. The molecule has 0 unspecified atom stereocenters. The number of anilines is 1. The van der Waals surface area contributed by atoms with E-state index in [9.17, 15) is 4.39 Å². The van der Waals surface area contributed by atoms with Crippen LogP contribution in [0.15, 0.2) is 78.9 Å². The van der Waals surface area contributed by atoms with Gasteiger partial charge in [0.1, 0.15) is 18.2 Å². The van der Waals surface area contributed by atoms with Gasteiger partial charge < -0.3 is 10.1 Å².